The summed E-state index contributed by atoms with van der Waals surface area (Å²) in [5, 5.41) is 8.34. The molecule has 0 fully saturated rings. The van der Waals surface area contributed by atoms with Crippen molar-refractivity contribution in [2.45, 2.75) is 38.9 Å². The number of hydrogen-bond donors (Lipinski definition) is 0. The van der Waals surface area contributed by atoms with Crippen LogP contribution in [0.4, 0.5) is 23.4 Å². The Bertz CT molecular complexity index is 1330. The number of pyridine rings is 1. The summed E-state index contributed by atoms with van der Waals surface area (Å²) in [5.41, 5.74) is 0.889. The second-order valence-electron chi connectivity index (χ2n) is 7.78. The minimum atomic E-state index is -4.33. The summed E-state index contributed by atoms with van der Waals surface area (Å²) < 4.78 is 56.1. The molecule has 34 heavy (non-hydrogen) atoms. The molecule has 0 N–H and O–H groups in total. The maximum atomic E-state index is 13.3. The van der Waals surface area contributed by atoms with Crippen LogP contribution in [0, 0.1) is 12.7 Å². The van der Waals surface area contributed by atoms with Gasteiger partial charge in [0, 0.05) is 18.9 Å². The third kappa shape index (κ3) is 3.76. The van der Waals surface area contributed by atoms with Crippen LogP contribution in [0.5, 0.6) is 0 Å². The molecule has 0 bridgehead atoms. The Balaban J connectivity index is 1.64. The lowest BCUT2D eigenvalue weighted by molar-refractivity contribution is -0.132. The lowest BCUT2D eigenvalue weighted by Crippen LogP contribution is -2.38. The fraction of sp³-hybridized carbons (Fsp3) is 0.333. The number of anilines is 1. The molecule has 0 saturated carbocycles. The summed E-state index contributed by atoms with van der Waals surface area (Å²) >= 11 is 0. The highest BCUT2D eigenvalue weighted by molar-refractivity contribution is 5.63. The van der Waals surface area contributed by atoms with E-state index in [1.165, 1.54) is 24.5 Å². The molecule has 0 spiro atoms. The molecule has 1 atom stereocenters. The van der Waals surface area contributed by atoms with Crippen LogP contribution in [-0.4, -0.2) is 52.0 Å². The van der Waals surface area contributed by atoms with E-state index >= 15 is 0 Å². The van der Waals surface area contributed by atoms with E-state index in [4.69, 9.17) is 0 Å². The van der Waals surface area contributed by atoms with Gasteiger partial charge in [-0.05, 0) is 25.5 Å². The Morgan fingerprint density at radius 1 is 1.06 bits per heavy atom. The third-order valence-corrected chi connectivity index (χ3v) is 5.61. The molecule has 4 aromatic heterocycles. The molecule has 4 aromatic rings. The zero-order valence-corrected chi connectivity index (χ0v) is 18.2. The Kier molecular flexibility index (Phi) is 5.25. The van der Waals surface area contributed by atoms with Crippen molar-refractivity contribution in [3.63, 3.8) is 0 Å². The molecule has 0 aromatic carbocycles. The number of aryl methyl sites for hydroxylation is 1. The highest BCUT2D eigenvalue weighted by Crippen LogP contribution is 2.39. The number of alkyl halides is 3. The SMILES string of the molecule is CC[C@@H]1c2nnc(C)n2-c2cnc(-n3ccnc3-c3ccc(F)cn3)nc2N1CCC(F)(F)F. The van der Waals surface area contributed by atoms with E-state index in [9.17, 15) is 17.6 Å². The van der Waals surface area contributed by atoms with E-state index in [0.717, 1.165) is 6.20 Å². The first-order chi connectivity index (χ1) is 16.3. The predicted molar refractivity (Wildman–Crippen MR) is 113 cm³/mol. The maximum absolute atomic E-state index is 13.3. The van der Waals surface area contributed by atoms with Crippen LogP contribution >= 0.6 is 0 Å². The van der Waals surface area contributed by atoms with Gasteiger partial charge in [-0.2, -0.15) is 18.2 Å². The summed E-state index contributed by atoms with van der Waals surface area (Å²) in [5.74, 6) is 1.54. The highest BCUT2D eigenvalue weighted by atomic mass is 19.4. The van der Waals surface area contributed by atoms with Crippen LogP contribution in [0.1, 0.15) is 37.5 Å². The van der Waals surface area contributed by atoms with Gasteiger partial charge in [0.05, 0.1) is 24.9 Å². The molecule has 5 rings (SSSR count). The van der Waals surface area contributed by atoms with Gasteiger partial charge < -0.3 is 4.90 Å². The Morgan fingerprint density at radius 3 is 2.59 bits per heavy atom. The second-order valence-corrected chi connectivity index (χ2v) is 7.78. The first-order valence-corrected chi connectivity index (χ1v) is 10.5. The summed E-state index contributed by atoms with van der Waals surface area (Å²) in [6, 6.07) is 2.29. The first-order valence-electron chi connectivity index (χ1n) is 10.5. The van der Waals surface area contributed by atoms with E-state index in [0.29, 0.717) is 41.1 Å². The van der Waals surface area contributed by atoms with E-state index in [1.54, 1.807) is 27.2 Å². The van der Waals surface area contributed by atoms with Crippen molar-refractivity contribution >= 4 is 5.82 Å². The zero-order valence-electron chi connectivity index (χ0n) is 18.2. The first kappa shape index (κ1) is 21.9. The maximum Gasteiger partial charge on any atom is 0.390 e. The lowest BCUT2D eigenvalue weighted by atomic mass is 10.1. The van der Waals surface area contributed by atoms with Crippen molar-refractivity contribution in [2.24, 2.45) is 0 Å². The van der Waals surface area contributed by atoms with Gasteiger partial charge in [-0.25, -0.2) is 19.3 Å². The number of halogens is 4. The molecule has 1 aliphatic rings. The van der Waals surface area contributed by atoms with Gasteiger partial charge in [-0.1, -0.05) is 6.92 Å². The Morgan fingerprint density at radius 2 is 1.88 bits per heavy atom. The van der Waals surface area contributed by atoms with Gasteiger partial charge in [0.1, 0.15) is 23.0 Å². The standard InChI is InChI=1S/C21H19F4N9/c1-3-15-19-31-30-12(2)34(19)16-11-28-20(29-18(16)32(15)8-6-21(23,24)25)33-9-7-26-17(33)14-5-4-13(22)10-27-14/h4-5,7,9-11,15H,3,6,8H2,1-2H3/t15-/m1/s1. The monoisotopic (exact) mass is 473 g/mol. The topological polar surface area (TPSA) is 90.4 Å². The Labute approximate surface area is 191 Å². The molecular formula is C21H19F4N9. The average Bonchev–Trinajstić information content (AvgIpc) is 3.44. The van der Waals surface area contributed by atoms with E-state index < -0.39 is 24.5 Å². The van der Waals surface area contributed by atoms with Crippen LogP contribution in [0.25, 0.3) is 23.2 Å². The second kappa shape index (κ2) is 8.15. The van der Waals surface area contributed by atoms with Gasteiger partial charge in [0.2, 0.25) is 5.95 Å². The summed E-state index contributed by atoms with van der Waals surface area (Å²) in [7, 11) is 0. The van der Waals surface area contributed by atoms with Gasteiger partial charge in [0.15, 0.2) is 17.5 Å². The van der Waals surface area contributed by atoms with Crippen LogP contribution in [0.2, 0.25) is 0 Å². The summed E-state index contributed by atoms with van der Waals surface area (Å²) in [6.07, 6.45) is 0.894. The largest absolute Gasteiger partial charge is 0.390 e. The van der Waals surface area contributed by atoms with Crippen molar-refractivity contribution in [3.8, 4) is 23.2 Å². The van der Waals surface area contributed by atoms with Crippen molar-refractivity contribution in [1.29, 1.82) is 0 Å². The normalized spacial score (nSPS) is 15.4. The fourth-order valence-corrected chi connectivity index (χ4v) is 4.10. The fourth-order valence-electron chi connectivity index (χ4n) is 4.10. The minimum absolute atomic E-state index is 0.193. The molecule has 0 aliphatic carbocycles. The van der Waals surface area contributed by atoms with Gasteiger partial charge in [0.25, 0.3) is 0 Å². The van der Waals surface area contributed by atoms with Crippen LogP contribution in [0.15, 0.2) is 36.9 Å². The smallest absolute Gasteiger partial charge is 0.344 e. The van der Waals surface area contributed by atoms with E-state index in [-0.39, 0.29) is 12.5 Å². The lowest BCUT2D eigenvalue weighted by Gasteiger charge is -2.37. The van der Waals surface area contributed by atoms with Crippen LogP contribution in [-0.2, 0) is 0 Å². The van der Waals surface area contributed by atoms with Crippen molar-refractivity contribution in [1.82, 2.24) is 39.3 Å². The quantitative estimate of drug-likeness (QED) is 0.405. The number of aromatic nitrogens is 8. The van der Waals surface area contributed by atoms with Crippen molar-refractivity contribution in [2.75, 3.05) is 11.4 Å². The molecule has 5 heterocycles. The minimum Gasteiger partial charge on any atom is -0.344 e. The number of fused-ring (bicyclic) bond motifs is 3. The molecule has 176 valence electrons. The van der Waals surface area contributed by atoms with Crippen LogP contribution < -0.4 is 4.90 Å². The molecule has 0 saturated heterocycles. The highest BCUT2D eigenvalue weighted by Gasteiger charge is 2.37. The summed E-state index contributed by atoms with van der Waals surface area (Å²) in [6.45, 7) is 3.34. The zero-order chi connectivity index (χ0) is 24.0. The number of imidazole rings is 1. The Hall–Kier alpha value is -3.90. The number of hydrogen-bond acceptors (Lipinski definition) is 7. The average molecular weight is 473 g/mol. The predicted octanol–water partition coefficient (Wildman–Crippen LogP) is 3.98. The van der Waals surface area contributed by atoms with Gasteiger partial charge >= 0.3 is 6.18 Å². The molecule has 0 radical (unpaired) electrons. The summed E-state index contributed by atoms with van der Waals surface area (Å²) in [4.78, 5) is 19.0. The van der Waals surface area contributed by atoms with Gasteiger partial charge in [-0.15, -0.1) is 10.2 Å². The van der Waals surface area contributed by atoms with E-state index in [2.05, 4.69) is 30.1 Å². The molecule has 9 nitrogen and oxygen atoms in total. The third-order valence-electron chi connectivity index (χ3n) is 5.61. The number of rotatable bonds is 5. The molecule has 0 amide bonds. The van der Waals surface area contributed by atoms with E-state index in [1.807, 2.05) is 6.92 Å². The molecule has 0 unspecified atom stereocenters. The molecule has 13 heteroatoms. The molecular weight excluding hydrogens is 454 g/mol. The van der Waals surface area contributed by atoms with Gasteiger partial charge in [-0.3, -0.25) is 9.13 Å². The van der Waals surface area contributed by atoms with Crippen molar-refractivity contribution < 1.29 is 17.6 Å². The number of nitrogens with zero attached hydrogens (tertiary/aromatic N) is 9. The van der Waals surface area contributed by atoms with Crippen LogP contribution in [0.3, 0.4) is 0 Å². The molecule has 1 aliphatic heterocycles. The van der Waals surface area contributed by atoms with Crippen molar-refractivity contribution in [3.05, 3.63) is 54.4 Å².